The highest BCUT2D eigenvalue weighted by Gasteiger charge is 2.13. The van der Waals surface area contributed by atoms with Crippen molar-refractivity contribution in [1.29, 1.82) is 0 Å². The fourth-order valence-corrected chi connectivity index (χ4v) is 2.12. The summed E-state index contributed by atoms with van der Waals surface area (Å²) in [5.41, 5.74) is 1.95. The van der Waals surface area contributed by atoms with Crippen molar-refractivity contribution in [2.75, 3.05) is 7.11 Å². The molecule has 0 saturated heterocycles. The molecule has 0 aliphatic carbocycles. The van der Waals surface area contributed by atoms with Crippen LogP contribution in [0.1, 0.15) is 18.1 Å². The number of ether oxygens (including phenoxy) is 2. The van der Waals surface area contributed by atoms with Crippen LogP contribution < -0.4 is 10.1 Å². The van der Waals surface area contributed by atoms with E-state index < -0.39 is 6.10 Å². The van der Waals surface area contributed by atoms with Crippen molar-refractivity contribution in [3.05, 3.63) is 64.7 Å². The predicted octanol–water partition coefficient (Wildman–Crippen LogP) is 3.57. The van der Waals surface area contributed by atoms with Crippen LogP contribution in [0.3, 0.4) is 0 Å². The lowest BCUT2D eigenvalue weighted by Gasteiger charge is -2.14. The van der Waals surface area contributed by atoms with Crippen LogP contribution in [0.4, 0.5) is 0 Å². The van der Waals surface area contributed by atoms with Crippen LogP contribution in [-0.2, 0) is 22.7 Å². The summed E-state index contributed by atoms with van der Waals surface area (Å²) in [6.45, 7) is 2.53. The third kappa shape index (κ3) is 5.58. The Morgan fingerprint density at radius 2 is 1.91 bits per heavy atom. The lowest BCUT2D eigenvalue weighted by Crippen LogP contribution is -2.33. The zero-order valence-corrected chi connectivity index (χ0v) is 14.0. The Morgan fingerprint density at radius 3 is 2.61 bits per heavy atom. The van der Waals surface area contributed by atoms with Gasteiger partial charge in [-0.1, -0.05) is 35.9 Å². The summed E-state index contributed by atoms with van der Waals surface area (Å²) in [5, 5.41) is 3.52. The molecule has 1 N–H and O–H groups in total. The summed E-state index contributed by atoms with van der Waals surface area (Å²) in [6.07, 6.45) is -0.534. The van der Waals surface area contributed by atoms with Crippen LogP contribution in [0.5, 0.6) is 5.75 Å². The highest BCUT2D eigenvalue weighted by molar-refractivity contribution is 6.30. The van der Waals surface area contributed by atoms with Crippen molar-refractivity contribution in [3.8, 4) is 5.75 Å². The van der Waals surface area contributed by atoms with E-state index in [4.69, 9.17) is 21.1 Å². The van der Waals surface area contributed by atoms with Crippen molar-refractivity contribution < 1.29 is 14.3 Å². The minimum atomic E-state index is -0.534. The van der Waals surface area contributed by atoms with E-state index in [1.165, 1.54) is 0 Å². The van der Waals surface area contributed by atoms with Gasteiger partial charge in [0.15, 0.2) is 0 Å². The van der Waals surface area contributed by atoms with Crippen molar-refractivity contribution in [1.82, 2.24) is 5.32 Å². The van der Waals surface area contributed by atoms with E-state index >= 15 is 0 Å². The van der Waals surface area contributed by atoms with Crippen LogP contribution in [0.2, 0.25) is 5.02 Å². The molecule has 0 spiro atoms. The second kappa shape index (κ2) is 8.56. The maximum absolute atomic E-state index is 12.0. The van der Waals surface area contributed by atoms with Gasteiger partial charge in [0.25, 0.3) is 0 Å². The molecule has 0 radical (unpaired) electrons. The van der Waals surface area contributed by atoms with Crippen LogP contribution in [0, 0.1) is 0 Å². The smallest absolute Gasteiger partial charge is 0.249 e. The molecule has 0 aromatic heterocycles. The molecule has 2 aromatic rings. The highest BCUT2D eigenvalue weighted by Crippen LogP contribution is 2.14. The van der Waals surface area contributed by atoms with E-state index in [1.807, 2.05) is 36.4 Å². The fraction of sp³-hybridized carbons (Fsp3) is 0.278. The Hall–Kier alpha value is -2.04. The quantitative estimate of drug-likeness (QED) is 0.842. The van der Waals surface area contributed by atoms with E-state index in [1.54, 1.807) is 26.2 Å². The molecular weight excluding hydrogens is 314 g/mol. The average molecular weight is 334 g/mol. The first kappa shape index (κ1) is 17.3. The van der Waals surface area contributed by atoms with Gasteiger partial charge in [-0.25, -0.2) is 0 Å². The first-order chi connectivity index (χ1) is 11.1. The van der Waals surface area contributed by atoms with Gasteiger partial charge >= 0.3 is 0 Å². The number of benzene rings is 2. The Morgan fingerprint density at radius 1 is 1.17 bits per heavy atom. The Bertz CT molecular complexity index is 643. The van der Waals surface area contributed by atoms with Crippen molar-refractivity contribution >= 4 is 17.5 Å². The van der Waals surface area contributed by atoms with E-state index in [-0.39, 0.29) is 5.91 Å². The molecule has 1 atom stereocenters. The Balaban J connectivity index is 1.79. The fourth-order valence-electron chi connectivity index (χ4n) is 1.99. The minimum Gasteiger partial charge on any atom is -0.497 e. The van der Waals surface area contributed by atoms with Gasteiger partial charge in [-0.3, -0.25) is 4.79 Å². The summed E-state index contributed by atoms with van der Waals surface area (Å²) in [5.74, 6) is 0.619. The molecule has 2 aromatic carbocycles. The summed E-state index contributed by atoms with van der Waals surface area (Å²) in [7, 11) is 1.62. The van der Waals surface area contributed by atoms with Crippen LogP contribution in [0.15, 0.2) is 48.5 Å². The lowest BCUT2D eigenvalue weighted by atomic mass is 10.2. The molecular formula is C18H20ClNO3. The van der Waals surface area contributed by atoms with Gasteiger partial charge in [0, 0.05) is 11.6 Å². The number of hydrogen-bond donors (Lipinski definition) is 1. The molecule has 0 heterocycles. The van der Waals surface area contributed by atoms with Gasteiger partial charge in [0.2, 0.25) is 5.91 Å². The maximum Gasteiger partial charge on any atom is 0.249 e. The monoisotopic (exact) mass is 333 g/mol. The van der Waals surface area contributed by atoms with Crippen LogP contribution in [-0.4, -0.2) is 19.1 Å². The number of amides is 1. The van der Waals surface area contributed by atoms with Gasteiger partial charge in [-0.2, -0.15) is 0 Å². The average Bonchev–Trinajstić information content (AvgIpc) is 2.59. The Kier molecular flexibility index (Phi) is 6.44. The predicted molar refractivity (Wildman–Crippen MR) is 90.5 cm³/mol. The molecule has 0 aliphatic rings. The van der Waals surface area contributed by atoms with Gasteiger partial charge in [-0.05, 0) is 42.3 Å². The van der Waals surface area contributed by atoms with Gasteiger partial charge < -0.3 is 14.8 Å². The zero-order chi connectivity index (χ0) is 16.7. The molecule has 4 nitrogen and oxygen atoms in total. The maximum atomic E-state index is 12.0. The lowest BCUT2D eigenvalue weighted by molar-refractivity contribution is -0.132. The molecule has 0 fully saturated rings. The van der Waals surface area contributed by atoms with E-state index in [0.717, 1.165) is 16.9 Å². The molecule has 0 aliphatic heterocycles. The van der Waals surface area contributed by atoms with Crippen molar-refractivity contribution in [2.24, 2.45) is 0 Å². The number of rotatable bonds is 7. The van der Waals surface area contributed by atoms with Gasteiger partial charge in [0.05, 0.1) is 13.7 Å². The van der Waals surface area contributed by atoms with E-state index in [9.17, 15) is 4.79 Å². The van der Waals surface area contributed by atoms with Crippen molar-refractivity contribution in [2.45, 2.75) is 26.2 Å². The SMILES string of the molecule is COc1cccc(COC(C)C(=O)NCc2ccc(Cl)cc2)c1. The first-order valence-corrected chi connectivity index (χ1v) is 7.73. The number of halogens is 1. The minimum absolute atomic E-state index is 0.150. The molecule has 0 saturated carbocycles. The summed E-state index contributed by atoms with van der Waals surface area (Å²) < 4.78 is 10.8. The standard InChI is InChI=1S/C18H20ClNO3/c1-13(23-12-15-4-3-5-17(10-15)22-2)18(21)20-11-14-6-8-16(19)9-7-14/h3-10,13H,11-12H2,1-2H3,(H,20,21). The Labute approximate surface area is 141 Å². The molecule has 1 unspecified atom stereocenters. The number of methoxy groups -OCH3 is 1. The molecule has 1 amide bonds. The van der Waals surface area contributed by atoms with E-state index in [2.05, 4.69) is 5.32 Å². The normalized spacial score (nSPS) is 11.8. The second-order valence-electron chi connectivity index (χ2n) is 5.15. The molecule has 0 bridgehead atoms. The number of carbonyl (C=O) groups excluding carboxylic acids is 1. The van der Waals surface area contributed by atoms with E-state index in [0.29, 0.717) is 18.2 Å². The number of nitrogens with one attached hydrogen (secondary N) is 1. The van der Waals surface area contributed by atoms with Crippen molar-refractivity contribution in [3.63, 3.8) is 0 Å². The molecule has 122 valence electrons. The zero-order valence-electron chi connectivity index (χ0n) is 13.2. The van der Waals surface area contributed by atoms with Crippen LogP contribution in [0.25, 0.3) is 0 Å². The molecule has 2 rings (SSSR count). The van der Waals surface area contributed by atoms with Gasteiger partial charge in [0.1, 0.15) is 11.9 Å². The topological polar surface area (TPSA) is 47.6 Å². The third-order valence-corrected chi connectivity index (χ3v) is 3.64. The van der Waals surface area contributed by atoms with Gasteiger partial charge in [-0.15, -0.1) is 0 Å². The summed E-state index contributed by atoms with van der Waals surface area (Å²) >= 11 is 5.83. The second-order valence-corrected chi connectivity index (χ2v) is 5.59. The largest absolute Gasteiger partial charge is 0.497 e. The number of hydrogen-bond acceptors (Lipinski definition) is 3. The third-order valence-electron chi connectivity index (χ3n) is 3.38. The number of carbonyl (C=O) groups is 1. The van der Waals surface area contributed by atoms with Crippen LogP contribution >= 0.6 is 11.6 Å². The summed E-state index contributed by atoms with van der Waals surface area (Å²) in [6, 6.07) is 14.9. The molecule has 23 heavy (non-hydrogen) atoms. The first-order valence-electron chi connectivity index (χ1n) is 7.35. The summed E-state index contributed by atoms with van der Waals surface area (Å²) in [4.78, 5) is 12.0. The molecule has 5 heteroatoms. The highest BCUT2D eigenvalue weighted by atomic mass is 35.5.